The molecule has 29 heavy (non-hydrogen) atoms. The fourth-order valence-corrected chi connectivity index (χ4v) is 5.30. The first-order chi connectivity index (χ1) is 14.0. The van der Waals surface area contributed by atoms with Crippen LogP contribution in [0.2, 0.25) is 5.82 Å². The third-order valence-electron chi connectivity index (χ3n) is 7.20. The van der Waals surface area contributed by atoms with E-state index in [4.69, 9.17) is 20.8 Å². The molecule has 158 valence electrons. The number of hydrogen-bond donors (Lipinski definition) is 3. The maximum absolute atomic E-state index is 12.5. The Bertz CT molecular complexity index is 700. The van der Waals surface area contributed by atoms with Crippen LogP contribution < -0.4 is 16.8 Å². The molecule has 1 heterocycles. The van der Waals surface area contributed by atoms with Crippen LogP contribution in [0.4, 0.5) is 0 Å². The molecule has 3 unspecified atom stereocenters. The second-order valence-electron chi connectivity index (χ2n) is 9.24. The van der Waals surface area contributed by atoms with E-state index in [0.717, 1.165) is 19.3 Å². The van der Waals surface area contributed by atoms with E-state index in [1.165, 1.54) is 18.4 Å². The Morgan fingerprint density at radius 1 is 1.31 bits per heavy atom. The highest BCUT2D eigenvalue weighted by Gasteiger charge is 2.67. The lowest BCUT2D eigenvalue weighted by Gasteiger charge is -2.32. The van der Waals surface area contributed by atoms with Crippen molar-refractivity contribution in [1.29, 1.82) is 0 Å². The van der Waals surface area contributed by atoms with Crippen LogP contribution in [0, 0.1) is 11.8 Å². The van der Waals surface area contributed by atoms with Crippen molar-refractivity contribution in [3.05, 3.63) is 35.9 Å². The van der Waals surface area contributed by atoms with Gasteiger partial charge in [0, 0.05) is 12.4 Å². The van der Waals surface area contributed by atoms with E-state index in [2.05, 4.69) is 24.4 Å². The molecule has 1 amide bonds. The fourth-order valence-electron chi connectivity index (χ4n) is 5.30. The monoisotopic (exact) mass is 399 g/mol. The predicted octanol–water partition coefficient (Wildman–Crippen LogP) is 1.87. The fraction of sp³-hybridized carbons (Fsp3) is 0.682. The number of hydrogen-bond acceptors (Lipinski definition) is 5. The first-order valence-electron chi connectivity index (χ1n) is 11.1. The van der Waals surface area contributed by atoms with Gasteiger partial charge in [-0.15, -0.1) is 0 Å². The van der Waals surface area contributed by atoms with E-state index >= 15 is 0 Å². The van der Waals surface area contributed by atoms with Crippen molar-refractivity contribution in [2.75, 3.05) is 13.1 Å². The third-order valence-corrected chi connectivity index (χ3v) is 7.20. The summed E-state index contributed by atoms with van der Waals surface area (Å²) >= 11 is 0. The van der Waals surface area contributed by atoms with E-state index in [-0.39, 0.29) is 30.5 Å². The van der Waals surface area contributed by atoms with Gasteiger partial charge >= 0.3 is 7.12 Å². The number of amides is 1. The Kier molecular flexibility index (Phi) is 6.30. The van der Waals surface area contributed by atoms with Crippen molar-refractivity contribution in [3.63, 3.8) is 0 Å². The lowest BCUT2D eigenvalue weighted by molar-refractivity contribution is -0.122. The van der Waals surface area contributed by atoms with Crippen LogP contribution in [-0.4, -0.2) is 43.9 Å². The first kappa shape index (κ1) is 20.9. The van der Waals surface area contributed by atoms with E-state index in [9.17, 15) is 4.79 Å². The molecule has 1 aliphatic heterocycles. The number of benzene rings is 1. The van der Waals surface area contributed by atoms with Crippen LogP contribution in [-0.2, 0) is 20.5 Å². The van der Waals surface area contributed by atoms with Gasteiger partial charge in [0.05, 0.1) is 17.7 Å². The average molecular weight is 399 g/mol. The minimum Gasteiger partial charge on any atom is -0.405 e. The molecule has 4 fully saturated rings. The summed E-state index contributed by atoms with van der Waals surface area (Å²) in [5.74, 6) is 1.20. The number of rotatable bonds is 10. The quantitative estimate of drug-likeness (QED) is 0.412. The molecule has 2 bridgehead atoms. The Morgan fingerprint density at radius 3 is 2.76 bits per heavy atom. The zero-order chi connectivity index (χ0) is 20.4. The molecule has 1 aromatic carbocycles. The van der Waals surface area contributed by atoms with Crippen LogP contribution in [0.1, 0.15) is 44.6 Å². The van der Waals surface area contributed by atoms with E-state index < -0.39 is 6.04 Å². The van der Waals surface area contributed by atoms with Crippen molar-refractivity contribution < 1.29 is 14.1 Å². The molecule has 7 heteroatoms. The molecule has 0 spiro atoms. The predicted molar refractivity (Wildman–Crippen MR) is 114 cm³/mol. The van der Waals surface area contributed by atoms with Gasteiger partial charge < -0.3 is 26.1 Å². The van der Waals surface area contributed by atoms with Crippen LogP contribution in [0.25, 0.3) is 0 Å². The van der Waals surface area contributed by atoms with Gasteiger partial charge in [-0.2, -0.15) is 0 Å². The average Bonchev–Trinajstić information content (AvgIpc) is 3.24. The normalized spacial score (nSPS) is 31.8. The molecule has 4 atom stereocenters. The highest BCUT2D eigenvalue weighted by atomic mass is 16.7. The summed E-state index contributed by atoms with van der Waals surface area (Å²) in [6, 6.07) is 9.83. The molecule has 0 aromatic heterocycles. The number of nitrogens with one attached hydrogen (secondary N) is 1. The number of carbonyl (C=O) groups is 1. The van der Waals surface area contributed by atoms with Gasteiger partial charge in [-0.05, 0) is 63.0 Å². The third kappa shape index (κ3) is 4.24. The molecule has 5 N–H and O–H groups in total. The number of unbranched alkanes of at least 4 members (excludes halogenated alkanes) is 1. The van der Waals surface area contributed by atoms with E-state index in [0.29, 0.717) is 31.3 Å². The lowest BCUT2D eigenvalue weighted by atomic mass is 9.67. The topological polar surface area (TPSA) is 99.6 Å². The summed E-state index contributed by atoms with van der Waals surface area (Å²) in [6.07, 6.45) is 5.88. The molecule has 1 saturated heterocycles. The van der Waals surface area contributed by atoms with Crippen LogP contribution in [0.3, 0.4) is 0 Å². The van der Waals surface area contributed by atoms with Gasteiger partial charge in [0.2, 0.25) is 5.91 Å². The summed E-state index contributed by atoms with van der Waals surface area (Å²) in [5, 5.41) is 3.05. The number of carbonyl (C=O) groups excluding carboxylic acids is 1. The highest BCUT2D eigenvalue weighted by molar-refractivity contribution is 6.47. The zero-order valence-corrected chi connectivity index (χ0v) is 17.4. The summed E-state index contributed by atoms with van der Waals surface area (Å²) in [5.41, 5.74) is 12.6. The van der Waals surface area contributed by atoms with Gasteiger partial charge in [-0.3, -0.25) is 4.79 Å². The van der Waals surface area contributed by atoms with Crippen LogP contribution in [0.5, 0.6) is 0 Å². The Labute approximate surface area is 174 Å². The highest BCUT2D eigenvalue weighted by Crippen LogP contribution is 2.61. The largest absolute Gasteiger partial charge is 0.463 e. The molecule has 0 radical (unpaired) electrons. The van der Waals surface area contributed by atoms with Crippen molar-refractivity contribution >= 4 is 13.0 Å². The molecule has 3 saturated carbocycles. The Balaban J connectivity index is 1.38. The van der Waals surface area contributed by atoms with Gasteiger partial charge in [0.25, 0.3) is 0 Å². The van der Waals surface area contributed by atoms with Crippen molar-refractivity contribution in [2.24, 2.45) is 23.3 Å². The Morgan fingerprint density at radius 2 is 2.07 bits per heavy atom. The molecule has 5 rings (SSSR count). The SMILES string of the molecule is CC12OB(C(CNC(=O)[C@@H](N)CCCCN)Cc3ccccc3)OC1C1CC2C1. The maximum atomic E-state index is 12.5. The lowest BCUT2D eigenvalue weighted by Crippen LogP contribution is -2.45. The smallest absolute Gasteiger partial charge is 0.405 e. The summed E-state index contributed by atoms with van der Waals surface area (Å²) < 4.78 is 12.9. The molecule has 4 aliphatic rings. The van der Waals surface area contributed by atoms with Gasteiger partial charge in [0.15, 0.2) is 0 Å². The van der Waals surface area contributed by atoms with Gasteiger partial charge in [-0.1, -0.05) is 36.8 Å². The van der Waals surface area contributed by atoms with E-state index in [1.54, 1.807) is 0 Å². The number of nitrogens with two attached hydrogens (primary N) is 2. The van der Waals surface area contributed by atoms with E-state index in [1.807, 2.05) is 18.2 Å². The minimum absolute atomic E-state index is 0.0550. The van der Waals surface area contributed by atoms with Gasteiger partial charge in [-0.25, -0.2) is 0 Å². The summed E-state index contributed by atoms with van der Waals surface area (Å²) in [7, 11) is -0.287. The van der Waals surface area contributed by atoms with Gasteiger partial charge in [0.1, 0.15) is 0 Å². The Hall–Kier alpha value is -1.41. The standard InChI is InChI=1S/C22H34BN3O3/c1-22-17-12-16(13-17)20(22)28-23(29-22)18(11-15-7-3-2-4-8-15)14-26-21(27)19(25)9-5-6-10-24/h2-4,7-8,16-20H,5-6,9-14,24-25H2,1H3,(H,26,27)/t16?,17?,18?,19-,20?,22?/m0/s1. The molecule has 1 aromatic rings. The first-order valence-corrected chi connectivity index (χ1v) is 11.1. The van der Waals surface area contributed by atoms with Crippen molar-refractivity contribution in [1.82, 2.24) is 5.32 Å². The van der Waals surface area contributed by atoms with Crippen LogP contribution in [0.15, 0.2) is 30.3 Å². The second-order valence-corrected chi connectivity index (χ2v) is 9.24. The molecule has 3 aliphatic carbocycles. The van der Waals surface area contributed by atoms with Crippen molar-refractivity contribution in [3.8, 4) is 0 Å². The van der Waals surface area contributed by atoms with Crippen molar-refractivity contribution in [2.45, 2.75) is 69.0 Å². The molecular weight excluding hydrogens is 365 g/mol. The zero-order valence-electron chi connectivity index (χ0n) is 17.4. The summed E-state index contributed by atoms with van der Waals surface area (Å²) in [4.78, 5) is 12.5. The molecule has 6 nitrogen and oxygen atoms in total. The second kappa shape index (κ2) is 8.76. The molecular formula is C22H34BN3O3. The minimum atomic E-state index is -0.492. The maximum Gasteiger partial charge on any atom is 0.463 e. The van der Waals surface area contributed by atoms with Crippen LogP contribution >= 0.6 is 0 Å². The summed E-state index contributed by atoms with van der Waals surface area (Å²) in [6.45, 7) is 3.34.